The van der Waals surface area contributed by atoms with Gasteiger partial charge in [0.05, 0.1) is 5.56 Å². The fourth-order valence-corrected chi connectivity index (χ4v) is 10.9. The number of ketones is 2. The van der Waals surface area contributed by atoms with Crippen LogP contribution in [-0.2, 0) is 14.4 Å². The van der Waals surface area contributed by atoms with Crippen LogP contribution in [0.2, 0.25) is 5.02 Å². The number of primary amides is 1. The Balaban J connectivity index is 0.000000137. The molecule has 3 heterocycles. The molecule has 6 N–H and O–H groups in total. The number of amidine groups is 1. The van der Waals surface area contributed by atoms with Crippen LogP contribution in [0.3, 0.4) is 0 Å². The highest BCUT2D eigenvalue weighted by Crippen LogP contribution is 2.66. The van der Waals surface area contributed by atoms with E-state index in [1.807, 2.05) is 59.2 Å². The lowest BCUT2D eigenvalue weighted by atomic mass is 9.47. The van der Waals surface area contributed by atoms with E-state index in [1.165, 1.54) is 31.3 Å². The molecule has 14 heteroatoms. The molecular weight excluding hydrogens is 734 g/mol. The monoisotopic (exact) mass is 785 g/mol. The summed E-state index contributed by atoms with van der Waals surface area (Å²) in [7, 11) is 0. The van der Waals surface area contributed by atoms with Crippen molar-refractivity contribution in [1.82, 2.24) is 26.2 Å². The number of nitrogens with one attached hydrogen (secondary N) is 4. The summed E-state index contributed by atoms with van der Waals surface area (Å²) in [5, 5.41) is 10.1. The van der Waals surface area contributed by atoms with Gasteiger partial charge in [0, 0.05) is 43.5 Å². The Kier molecular flexibility index (Phi) is 11.3. The Labute approximate surface area is 332 Å². The lowest BCUT2D eigenvalue weighted by molar-refractivity contribution is -0.128. The third-order valence-corrected chi connectivity index (χ3v) is 13.7. The van der Waals surface area contributed by atoms with E-state index < -0.39 is 24.1 Å². The summed E-state index contributed by atoms with van der Waals surface area (Å²) >= 11 is 6.20. The molecule has 0 bridgehead atoms. The first kappa shape index (κ1) is 39.5. The predicted octanol–water partition coefficient (Wildman–Crippen LogP) is 5.97. The van der Waals surface area contributed by atoms with Crippen LogP contribution in [0.1, 0.15) is 77.7 Å². The van der Waals surface area contributed by atoms with Gasteiger partial charge < -0.3 is 31.3 Å². The van der Waals surface area contributed by atoms with Gasteiger partial charge in [0.15, 0.2) is 17.7 Å². The van der Waals surface area contributed by atoms with Gasteiger partial charge in [-0.2, -0.15) is 0 Å². The highest BCUT2D eigenvalue weighted by atomic mass is 35.5. The SMILES string of the molecule is CC(=O)[C@H]1CC[C@H]2[C@@H]3CCC4=CC(=O)CC[C@]4(C)[C@H]3CC[C@]12C.Clc1ccc2c(c1)C(N1CCNCC1)=Nc1ccccc1O2.NC(=O)NC1NC(=O)NC1=O. The second-order valence-corrected chi connectivity index (χ2v) is 17.0. The van der Waals surface area contributed by atoms with Gasteiger partial charge in [-0.15, -0.1) is 0 Å². The maximum Gasteiger partial charge on any atom is 0.323 e. The number of hydrogen-bond donors (Lipinski definition) is 5. The summed E-state index contributed by atoms with van der Waals surface area (Å²) in [5.74, 6) is 5.18. The summed E-state index contributed by atoms with van der Waals surface area (Å²) in [6.07, 6.45) is 9.90. The molecule has 7 atom stereocenters. The molecular formula is C42H52ClN7O6. The molecule has 298 valence electrons. The van der Waals surface area contributed by atoms with Crippen LogP contribution in [0.15, 0.2) is 59.1 Å². The molecule has 0 aromatic heterocycles. The predicted molar refractivity (Wildman–Crippen MR) is 213 cm³/mol. The van der Waals surface area contributed by atoms with Crippen molar-refractivity contribution in [2.75, 3.05) is 26.2 Å². The number of fused-ring (bicyclic) bond motifs is 7. The minimum atomic E-state index is -1.04. The number of nitrogens with two attached hydrogens (primary N) is 1. The van der Waals surface area contributed by atoms with Crippen molar-refractivity contribution in [2.24, 2.45) is 45.2 Å². The molecule has 3 aliphatic heterocycles. The molecule has 5 fully saturated rings. The van der Waals surface area contributed by atoms with Crippen molar-refractivity contribution >= 4 is 52.7 Å². The van der Waals surface area contributed by atoms with Crippen LogP contribution in [-0.4, -0.2) is 72.6 Å². The maximum atomic E-state index is 12.1. The Morgan fingerprint density at radius 1 is 0.964 bits per heavy atom. The zero-order chi connectivity index (χ0) is 39.8. The van der Waals surface area contributed by atoms with E-state index in [0.29, 0.717) is 22.5 Å². The lowest BCUT2D eigenvalue weighted by Crippen LogP contribution is -2.51. The minimum absolute atomic E-state index is 0.245. The third kappa shape index (κ3) is 7.80. The number of benzene rings is 2. The van der Waals surface area contributed by atoms with E-state index in [2.05, 4.69) is 29.4 Å². The standard InChI is InChI=1S/C21H30O2.C17H16ClN3O.C4H6N4O3/c1-13(22)17-6-7-18-16-5-4-14-12-15(23)8-10-20(14,2)19(16)9-11-21(17,18)3;18-12-5-6-15-13(11-12)17(21-9-7-19-8-10-21)20-14-3-1-2-4-16(14)22-15;5-3(10)6-1-2(9)8-4(11)7-1/h12,16-19H,4-11H2,1-3H3;1-6,11,19H,7-10H2;1H,(H3,5,6,10)(H2,7,8,9,11)/t16-,17+,18-,19-,20-,21+;;/m0../s1. The first-order valence-electron chi connectivity index (χ1n) is 19.8. The molecule has 2 aromatic rings. The van der Waals surface area contributed by atoms with E-state index >= 15 is 0 Å². The highest BCUT2D eigenvalue weighted by molar-refractivity contribution is 6.31. The molecule has 5 amide bonds. The number of carbonyl (C=O) groups excluding carboxylic acids is 5. The van der Waals surface area contributed by atoms with E-state index in [9.17, 15) is 24.0 Å². The zero-order valence-electron chi connectivity index (χ0n) is 32.3. The summed E-state index contributed by atoms with van der Waals surface area (Å²) in [6.45, 7) is 10.4. The third-order valence-electron chi connectivity index (χ3n) is 13.4. The van der Waals surface area contributed by atoms with Crippen LogP contribution >= 0.6 is 11.6 Å². The van der Waals surface area contributed by atoms with Gasteiger partial charge in [-0.3, -0.25) is 19.7 Å². The summed E-state index contributed by atoms with van der Waals surface area (Å²) < 4.78 is 6.06. The normalized spacial score (nSPS) is 31.2. The van der Waals surface area contributed by atoms with Crippen molar-refractivity contribution in [3.05, 3.63) is 64.7 Å². The highest BCUT2D eigenvalue weighted by Gasteiger charge is 2.59. The van der Waals surface area contributed by atoms with Crippen LogP contribution < -0.4 is 31.7 Å². The molecule has 4 aliphatic carbocycles. The number of nitrogens with zero attached hydrogens (tertiary/aromatic N) is 2. The van der Waals surface area contributed by atoms with Crippen molar-refractivity contribution in [2.45, 2.75) is 78.3 Å². The van der Waals surface area contributed by atoms with Gasteiger partial charge in [0.1, 0.15) is 23.1 Å². The number of aliphatic imine (C=N–C) groups is 1. The molecule has 0 spiro atoms. The second kappa shape index (κ2) is 16.0. The number of piperazine rings is 1. The molecule has 2 aromatic carbocycles. The summed E-state index contributed by atoms with van der Waals surface area (Å²) in [5.41, 5.74) is 8.44. The van der Waals surface area contributed by atoms with Gasteiger partial charge >= 0.3 is 12.1 Å². The van der Waals surface area contributed by atoms with Crippen molar-refractivity contribution in [3.8, 4) is 11.5 Å². The average Bonchev–Trinajstić information content (AvgIpc) is 3.63. The van der Waals surface area contributed by atoms with Gasteiger partial charge in [0.25, 0.3) is 5.91 Å². The molecule has 56 heavy (non-hydrogen) atoms. The van der Waals surface area contributed by atoms with Crippen molar-refractivity contribution in [1.29, 1.82) is 0 Å². The van der Waals surface area contributed by atoms with Crippen LogP contribution in [0.5, 0.6) is 11.5 Å². The molecule has 2 saturated heterocycles. The number of rotatable bonds is 2. The quantitative estimate of drug-likeness (QED) is 0.231. The molecule has 1 unspecified atom stereocenters. The number of imide groups is 1. The number of carbonyl (C=O) groups is 5. The number of halogens is 1. The second-order valence-electron chi connectivity index (χ2n) is 16.5. The number of ether oxygens (including phenoxy) is 1. The molecule has 7 aliphatic rings. The first-order chi connectivity index (χ1) is 26.8. The average molecular weight is 786 g/mol. The van der Waals surface area contributed by atoms with Crippen molar-refractivity contribution in [3.63, 3.8) is 0 Å². The minimum Gasteiger partial charge on any atom is -0.454 e. The van der Waals surface area contributed by atoms with Crippen LogP contribution in [0.25, 0.3) is 0 Å². The molecule has 9 rings (SSSR count). The number of Topliss-reactive ketones (excluding diaryl/α,β-unsaturated/α-hetero) is 1. The number of allylic oxidation sites excluding steroid dienone is 1. The van der Waals surface area contributed by atoms with Gasteiger partial charge in [-0.05, 0) is 117 Å². The maximum absolute atomic E-state index is 12.1. The first-order valence-corrected chi connectivity index (χ1v) is 20.2. The molecule has 13 nitrogen and oxygen atoms in total. The van der Waals surface area contributed by atoms with Gasteiger partial charge in [-0.25, -0.2) is 14.6 Å². The van der Waals surface area contributed by atoms with Gasteiger partial charge in [0.2, 0.25) is 0 Å². The number of urea groups is 2. The van der Waals surface area contributed by atoms with Crippen LogP contribution in [0.4, 0.5) is 15.3 Å². The summed E-state index contributed by atoms with van der Waals surface area (Å²) in [4.78, 5) is 62.4. The number of amides is 5. The number of hydrogen-bond acceptors (Lipinski definition) is 9. The summed E-state index contributed by atoms with van der Waals surface area (Å²) in [6, 6.07) is 12.0. The topological polar surface area (TPSA) is 184 Å². The number of para-hydroxylation sites is 2. The Hall–Kier alpha value is -4.75. The Bertz CT molecular complexity index is 1980. The Morgan fingerprint density at radius 2 is 1.73 bits per heavy atom. The van der Waals surface area contributed by atoms with E-state index in [0.717, 1.165) is 98.2 Å². The van der Waals surface area contributed by atoms with E-state index in [4.69, 9.17) is 27.1 Å². The fourth-order valence-electron chi connectivity index (χ4n) is 10.7. The largest absolute Gasteiger partial charge is 0.454 e. The van der Waals surface area contributed by atoms with Gasteiger partial charge in [-0.1, -0.05) is 43.2 Å². The van der Waals surface area contributed by atoms with E-state index in [-0.39, 0.29) is 10.8 Å². The lowest BCUT2D eigenvalue weighted by Gasteiger charge is -2.58. The fraction of sp³-hybridized carbons (Fsp3) is 0.524. The van der Waals surface area contributed by atoms with E-state index in [1.54, 1.807) is 6.92 Å². The zero-order valence-corrected chi connectivity index (χ0v) is 33.0. The Morgan fingerprint density at radius 3 is 2.45 bits per heavy atom. The molecule has 0 radical (unpaired) electrons. The van der Waals surface area contributed by atoms with Crippen molar-refractivity contribution < 1.29 is 28.7 Å². The molecule has 3 saturated carbocycles. The smallest absolute Gasteiger partial charge is 0.323 e. The van der Waals surface area contributed by atoms with Crippen LogP contribution in [0, 0.1) is 34.5 Å².